The molecule has 0 radical (unpaired) electrons. The second kappa shape index (κ2) is 8.07. The SMILES string of the molecule is O=S(=O)(c1cccc2ccccc12)N1CCC[C@](CO)(Cc2cccc(Cl)c2)C1. The Labute approximate surface area is 176 Å². The zero-order chi connectivity index (χ0) is 20.5. The summed E-state index contributed by atoms with van der Waals surface area (Å²) in [7, 11) is -3.67. The van der Waals surface area contributed by atoms with Gasteiger partial charge in [0.1, 0.15) is 0 Å². The van der Waals surface area contributed by atoms with Gasteiger partial charge in [0.05, 0.1) is 11.5 Å². The molecule has 1 N–H and O–H groups in total. The summed E-state index contributed by atoms with van der Waals surface area (Å²) >= 11 is 6.12. The van der Waals surface area contributed by atoms with E-state index in [4.69, 9.17) is 11.6 Å². The van der Waals surface area contributed by atoms with Crippen LogP contribution in [-0.4, -0.2) is 37.5 Å². The summed E-state index contributed by atoms with van der Waals surface area (Å²) in [5.74, 6) is 0. The molecule has 1 aliphatic heterocycles. The fraction of sp³-hybridized carbons (Fsp3) is 0.304. The van der Waals surface area contributed by atoms with Crippen molar-refractivity contribution in [1.29, 1.82) is 0 Å². The summed E-state index contributed by atoms with van der Waals surface area (Å²) in [6.45, 7) is 0.686. The molecule has 152 valence electrons. The molecule has 3 aromatic rings. The highest BCUT2D eigenvalue weighted by Crippen LogP contribution is 2.37. The Morgan fingerprint density at radius 1 is 1.03 bits per heavy atom. The number of aliphatic hydroxyl groups is 1. The molecule has 0 spiro atoms. The van der Waals surface area contributed by atoms with Crippen molar-refractivity contribution >= 4 is 32.4 Å². The van der Waals surface area contributed by atoms with Gasteiger partial charge in [0, 0.05) is 28.9 Å². The number of sulfonamides is 1. The number of halogens is 1. The number of nitrogens with zero attached hydrogens (tertiary/aromatic N) is 1. The van der Waals surface area contributed by atoms with Crippen LogP contribution in [-0.2, 0) is 16.4 Å². The Kier molecular flexibility index (Phi) is 5.67. The smallest absolute Gasteiger partial charge is 0.243 e. The molecule has 0 saturated carbocycles. The maximum atomic E-state index is 13.5. The summed E-state index contributed by atoms with van der Waals surface area (Å²) in [6.07, 6.45) is 2.08. The maximum Gasteiger partial charge on any atom is 0.243 e. The van der Waals surface area contributed by atoms with Crippen LogP contribution in [0.3, 0.4) is 0 Å². The highest BCUT2D eigenvalue weighted by Gasteiger charge is 2.40. The van der Waals surface area contributed by atoms with Crippen LogP contribution in [0, 0.1) is 5.41 Å². The van der Waals surface area contributed by atoms with E-state index in [1.807, 2.05) is 54.6 Å². The molecule has 1 saturated heterocycles. The van der Waals surface area contributed by atoms with Gasteiger partial charge in [0.2, 0.25) is 10.0 Å². The number of hydrogen-bond donors (Lipinski definition) is 1. The number of benzene rings is 3. The predicted molar refractivity (Wildman–Crippen MR) is 117 cm³/mol. The number of rotatable bonds is 5. The van der Waals surface area contributed by atoms with E-state index in [1.165, 1.54) is 0 Å². The summed E-state index contributed by atoms with van der Waals surface area (Å²) in [5, 5.41) is 12.5. The van der Waals surface area contributed by atoms with Crippen LogP contribution in [0.2, 0.25) is 5.02 Å². The van der Waals surface area contributed by atoms with E-state index in [0.717, 1.165) is 22.8 Å². The van der Waals surface area contributed by atoms with Crippen molar-refractivity contribution in [2.45, 2.75) is 24.2 Å². The highest BCUT2D eigenvalue weighted by atomic mass is 35.5. The number of hydrogen-bond acceptors (Lipinski definition) is 3. The summed E-state index contributed by atoms with van der Waals surface area (Å²) in [4.78, 5) is 0.326. The van der Waals surface area contributed by atoms with Gasteiger partial charge in [-0.1, -0.05) is 60.1 Å². The average molecular weight is 430 g/mol. The van der Waals surface area contributed by atoms with Gasteiger partial charge in [-0.2, -0.15) is 4.31 Å². The van der Waals surface area contributed by atoms with E-state index in [-0.39, 0.29) is 6.61 Å². The van der Waals surface area contributed by atoms with Crippen molar-refractivity contribution in [2.75, 3.05) is 19.7 Å². The first-order chi connectivity index (χ1) is 13.9. The third-order valence-corrected chi connectivity index (χ3v) is 7.94. The summed E-state index contributed by atoms with van der Waals surface area (Å²) in [6, 6.07) is 20.5. The number of piperidine rings is 1. The Hall–Kier alpha value is -1.92. The highest BCUT2D eigenvalue weighted by molar-refractivity contribution is 7.89. The molecule has 0 unspecified atom stereocenters. The van der Waals surface area contributed by atoms with E-state index >= 15 is 0 Å². The lowest BCUT2D eigenvalue weighted by molar-refractivity contribution is 0.0645. The van der Waals surface area contributed by atoms with Crippen molar-refractivity contribution in [3.63, 3.8) is 0 Å². The van der Waals surface area contributed by atoms with Crippen LogP contribution in [0.4, 0.5) is 0 Å². The largest absolute Gasteiger partial charge is 0.396 e. The van der Waals surface area contributed by atoms with E-state index in [9.17, 15) is 13.5 Å². The zero-order valence-corrected chi connectivity index (χ0v) is 17.7. The van der Waals surface area contributed by atoms with E-state index in [0.29, 0.717) is 35.8 Å². The van der Waals surface area contributed by atoms with Gasteiger partial charge in [0.25, 0.3) is 0 Å². The van der Waals surface area contributed by atoms with Gasteiger partial charge >= 0.3 is 0 Å². The van der Waals surface area contributed by atoms with Crippen LogP contribution in [0.25, 0.3) is 10.8 Å². The molecule has 4 nitrogen and oxygen atoms in total. The molecule has 1 atom stereocenters. The first-order valence-electron chi connectivity index (χ1n) is 9.77. The predicted octanol–water partition coefficient (Wildman–Crippen LogP) is 4.50. The van der Waals surface area contributed by atoms with Gasteiger partial charge in [-0.25, -0.2) is 8.42 Å². The number of fused-ring (bicyclic) bond motifs is 1. The van der Waals surface area contributed by atoms with Crippen molar-refractivity contribution in [1.82, 2.24) is 4.31 Å². The Morgan fingerprint density at radius 3 is 2.59 bits per heavy atom. The molecule has 1 heterocycles. The molecule has 29 heavy (non-hydrogen) atoms. The topological polar surface area (TPSA) is 57.6 Å². The second-order valence-corrected chi connectivity index (χ2v) is 10.2. The van der Waals surface area contributed by atoms with Gasteiger partial charge in [-0.3, -0.25) is 0 Å². The van der Waals surface area contributed by atoms with Gasteiger partial charge < -0.3 is 5.11 Å². The van der Waals surface area contributed by atoms with Crippen LogP contribution >= 0.6 is 11.6 Å². The quantitative estimate of drug-likeness (QED) is 0.649. The van der Waals surface area contributed by atoms with Crippen molar-refractivity contribution < 1.29 is 13.5 Å². The lowest BCUT2D eigenvalue weighted by Gasteiger charge is -2.41. The summed E-state index contributed by atoms with van der Waals surface area (Å²) in [5.41, 5.74) is 0.497. The van der Waals surface area contributed by atoms with Crippen LogP contribution in [0.15, 0.2) is 71.6 Å². The Morgan fingerprint density at radius 2 is 1.79 bits per heavy atom. The van der Waals surface area contributed by atoms with Crippen LogP contribution < -0.4 is 0 Å². The Bertz CT molecular complexity index is 1130. The molecule has 0 aromatic heterocycles. The van der Waals surface area contributed by atoms with Gasteiger partial charge in [-0.05, 0) is 48.4 Å². The standard InChI is InChI=1S/C23H24ClNO3S/c24-20-9-3-6-18(14-20)15-23(17-26)12-5-13-25(16-23)29(27,28)22-11-4-8-19-7-1-2-10-21(19)22/h1-4,6-11,14,26H,5,12-13,15-17H2/t23-/m0/s1. The normalized spacial score (nSPS) is 20.8. The van der Waals surface area contributed by atoms with Gasteiger partial charge in [0.15, 0.2) is 0 Å². The maximum absolute atomic E-state index is 13.5. The molecule has 6 heteroatoms. The molecule has 1 aliphatic rings. The average Bonchev–Trinajstić information content (AvgIpc) is 2.73. The molecule has 4 rings (SSSR count). The molecule has 0 aliphatic carbocycles. The Balaban J connectivity index is 1.67. The minimum atomic E-state index is -3.67. The minimum Gasteiger partial charge on any atom is -0.396 e. The van der Waals surface area contributed by atoms with Crippen LogP contribution in [0.5, 0.6) is 0 Å². The molecule has 0 amide bonds. The molecule has 1 fully saturated rings. The third kappa shape index (κ3) is 4.05. The summed E-state index contributed by atoms with van der Waals surface area (Å²) < 4.78 is 28.6. The van der Waals surface area contributed by atoms with E-state index in [1.54, 1.807) is 16.4 Å². The monoisotopic (exact) mass is 429 g/mol. The fourth-order valence-corrected chi connectivity index (χ4v) is 6.36. The van der Waals surface area contributed by atoms with Gasteiger partial charge in [-0.15, -0.1) is 0 Å². The van der Waals surface area contributed by atoms with E-state index in [2.05, 4.69) is 0 Å². The first-order valence-corrected chi connectivity index (χ1v) is 11.6. The first kappa shape index (κ1) is 20.4. The third-order valence-electron chi connectivity index (χ3n) is 5.80. The van der Waals surface area contributed by atoms with Crippen molar-refractivity contribution in [3.05, 3.63) is 77.3 Å². The van der Waals surface area contributed by atoms with Crippen molar-refractivity contribution in [3.8, 4) is 0 Å². The fourth-order valence-electron chi connectivity index (χ4n) is 4.34. The second-order valence-electron chi connectivity index (χ2n) is 7.88. The van der Waals surface area contributed by atoms with Crippen LogP contribution in [0.1, 0.15) is 18.4 Å². The van der Waals surface area contributed by atoms with Crippen molar-refractivity contribution in [2.24, 2.45) is 5.41 Å². The lowest BCUT2D eigenvalue weighted by Crippen LogP contribution is -2.48. The minimum absolute atomic E-state index is 0.0684. The molecular formula is C23H24ClNO3S. The van der Waals surface area contributed by atoms with E-state index < -0.39 is 15.4 Å². The number of aliphatic hydroxyl groups excluding tert-OH is 1. The molecule has 0 bridgehead atoms. The lowest BCUT2D eigenvalue weighted by atomic mass is 9.76. The zero-order valence-electron chi connectivity index (χ0n) is 16.1. The molecule has 3 aromatic carbocycles. The molecular weight excluding hydrogens is 406 g/mol.